The smallest absolute Gasteiger partial charge is 0.269 e. The number of anilines is 2. The minimum atomic E-state index is -0.559. The molecule has 0 aliphatic heterocycles. The van der Waals surface area contributed by atoms with E-state index < -0.39 is 5.91 Å². The first-order valence-corrected chi connectivity index (χ1v) is 12.9. The molecule has 7 nitrogen and oxygen atoms in total. The van der Waals surface area contributed by atoms with Crippen LogP contribution in [0.2, 0.25) is 0 Å². The molecule has 3 rings (SSSR count). The van der Waals surface area contributed by atoms with Gasteiger partial charge in [0.25, 0.3) is 5.91 Å². The molecule has 0 fully saturated rings. The fourth-order valence-corrected chi connectivity index (χ4v) is 4.28. The van der Waals surface area contributed by atoms with Gasteiger partial charge in [0.1, 0.15) is 17.4 Å². The van der Waals surface area contributed by atoms with Gasteiger partial charge in [-0.1, -0.05) is 60.3 Å². The molecule has 0 heterocycles. The second-order valence-corrected chi connectivity index (χ2v) is 9.14. The lowest BCUT2D eigenvalue weighted by Gasteiger charge is -2.16. The fourth-order valence-electron chi connectivity index (χ4n) is 3.45. The van der Waals surface area contributed by atoms with Crippen LogP contribution < -0.4 is 20.7 Å². The molecule has 0 radical (unpaired) electrons. The average Bonchev–Trinajstić information content (AvgIpc) is 2.90. The number of ether oxygens (including phenoxy) is 1. The summed E-state index contributed by atoms with van der Waals surface area (Å²) in [6.07, 6.45) is 0. The van der Waals surface area contributed by atoms with Crippen LogP contribution in [0.15, 0.2) is 89.5 Å². The molecule has 3 aromatic rings. The lowest BCUT2D eigenvalue weighted by molar-refractivity contribution is -0.119. The molecule has 0 aliphatic carbocycles. The van der Waals surface area contributed by atoms with E-state index in [1.165, 1.54) is 0 Å². The molecule has 0 aromatic heterocycles. The first-order valence-electron chi connectivity index (χ1n) is 11.9. The number of thioether (sulfide) groups is 1. The van der Waals surface area contributed by atoms with E-state index in [2.05, 4.69) is 16.0 Å². The number of carbonyl (C=O) groups is 2. The Kier molecular flexibility index (Phi) is 10.2. The molecule has 2 amide bonds. The van der Waals surface area contributed by atoms with Crippen molar-refractivity contribution in [3.05, 3.63) is 101 Å². The van der Waals surface area contributed by atoms with Crippen LogP contribution in [-0.4, -0.2) is 24.2 Å². The Morgan fingerprint density at radius 1 is 0.973 bits per heavy atom. The van der Waals surface area contributed by atoms with Crippen LogP contribution in [-0.2, 0) is 9.59 Å². The second-order valence-electron chi connectivity index (χ2n) is 8.16. The number of carbonyl (C=O) groups excluding carboxylic acids is 2. The van der Waals surface area contributed by atoms with Gasteiger partial charge >= 0.3 is 0 Å². The SMILES string of the molecule is CCOc1ccc(N/C(SCC(=O)NC(C)c2ccccc2)=C(/C#N)C(=O)Nc2ccccc2C)cc1. The molecule has 0 spiro atoms. The van der Waals surface area contributed by atoms with Crippen LogP contribution in [0.25, 0.3) is 0 Å². The summed E-state index contributed by atoms with van der Waals surface area (Å²) >= 11 is 1.09. The average molecular weight is 515 g/mol. The second kappa shape index (κ2) is 13.8. The molecule has 37 heavy (non-hydrogen) atoms. The third kappa shape index (κ3) is 8.16. The maximum absolute atomic E-state index is 13.1. The van der Waals surface area contributed by atoms with Gasteiger partial charge in [-0.3, -0.25) is 9.59 Å². The fraction of sp³-hybridized carbons (Fsp3) is 0.207. The van der Waals surface area contributed by atoms with Gasteiger partial charge in [-0.15, -0.1) is 0 Å². The summed E-state index contributed by atoms with van der Waals surface area (Å²) in [7, 11) is 0. The number of nitrogens with one attached hydrogen (secondary N) is 3. The lowest BCUT2D eigenvalue weighted by Crippen LogP contribution is -2.28. The molecule has 1 atom stereocenters. The standard InChI is InChI=1S/C29H30N4O3S/c1-4-36-24-16-14-23(15-17-24)32-29(25(18-30)28(35)33-26-13-9-8-10-20(26)2)37-19-27(34)31-21(3)22-11-6-5-7-12-22/h5-17,21,32H,4,19H2,1-3H3,(H,31,34)(H,33,35)/b29-25+. The number of aryl methyl sites for hydroxylation is 1. The van der Waals surface area contributed by atoms with Crippen molar-refractivity contribution in [2.75, 3.05) is 23.0 Å². The molecule has 0 bridgehead atoms. The summed E-state index contributed by atoms with van der Waals surface area (Å²) in [6.45, 7) is 6.22. The summed E-state index contributed by atoms with van der Waals surface area (Å²) in [5.74, 6) is -0.0580. The maximum Gasteiger partial charge on any atom is 0.269 e. The van der Waals surface area contributed by atoms with E-state index in [1.54, 1.807) is 30.3 Å². The highest BCUT2D eigenvalue weighted by atomic mass is 32.2. The quantitative estimate of drug-likeness (QED) is 0.221. The van der Waals surface area contributed by atoms with E-state index in [0.717, 1.165) is 22.9 Å². The summed E-state index contributed by atoms with van der Waals surface area (Å²) in [6, 6.07) is 26.0. The van der Waals surface area contributed by atoms with Gasteiger partial charge in [-0.25, -0.2) is 0 Å². The molecule has 1 unspecified atom stereocenters. The van der Waals surface area contributed by atoms with E-state index in [-0.39, 0.29) is 28.3 Å². The molecule has 0 saturated carbocycles. The van der Waals surface area contributed by atoms with Crippen LogP contribution in [0.5, 0.6) is 5.75 Å². The summed E-state index contributed by atoms with van der Waals surface area (Å²) in [4.78, 5) is 25.8. The Labute approximate surface area is 221 Å². The van der Waals surface area contributed by atoms with Crippen LogP contribution in [0.3, 0.4) is 0 Å². The summed E-state index contributed by atoms with van der Waals surface area (Å²) in [5.41, 5.74) is 3.00. The topological polar surface area (TPSA) is 103 Å². The molecule has 3 aromatic carbocycles. The number of nitriles is 1. The van der Waals surface area contributed by atoms with Crippen molar-refractivity contribution >= 4 is 35.0 Å². The molecular weight excluding hydrogens is 484 g/mol. The van der Waals surface area contributed by atoms with Gasteiger partial charge in [0.2, 0.25) is 5.91 Å². The van der Waals surface area contributed by atoms with Gasteiger partial charge in [-0.2, -0.15) is 5.26 Å². The molecule has 0 saturated heterocycles. The number of hydrogen-bond donors (Lipinski definition) is 3. The van der Waals surface area contributed by atoms with Crippen molar-refractivity contribution < 1.29 is 14.3 Å². The summed E-state index contributed by atoms with van der Waals surface area (Å²) in [5, 5.41) is 19.1. The highest BCUT2D eigenvalue weighted by Gasteiger charge is 2.19. The number of nitrogens with zero attached hydrogens (tertiary/aromatic N) is 1. The van der Waals surface area contributed by atoms with Crippen molar-refractivity contribution in [3.8, 4) is 11.8 Å². The Hall–Kier alpha value is -4.22. The number of rotatable bonds is 11. The van der Waals surface area contributed by atoms with Crippen molar-refractivity contribution in [1.82, 2.24) is 5.32 Å². The highest BCUT2D eigenvalue weighted by Crippen LogP contribution is 2.26. The van der Waals surface area contributed by atoms with Crippen molar-refractivity contribution in [2.45, 2.75) is 26.8 Å². The zero-order valence-electron chi connectivity index (χ0n) is 21.1. The Morgan fingerprint density at radius 2 is 1.65 bits per heavy atom. The number of hydrogen-bond acceptors (Lipinski definition) is 6. The predicted molar refractivity (Wildman–Crippen MR) is 149 cm³/mol. The monoisotopic (exact) mass is 514 g/mol. The van der Waals surface area contributed by atoms with E-state index in [9.17, 15) is 14.9 Å². The molecule has 190 valence electrons. The molecule has 0 aliphatic rings. The first-order chi connectivity index (χ1) is 17.9. The predicted octanol–water partition coefficient (Wildman–Crippen LogP) is 5.79. The van der Waals surface area contributed by atoms with Crippen molar-refractivity contribution in [1.29, 1.82) is 5.26 Å². The highest BCUT2D eigenvalue weighted by molar-refractivity contribution is 8.03. The number of amides is 2. The molecular formula is C29H30N4O3S. The minimum Gasteiger partial charge on any atom is -0.494 e. The van der Waals surface area contributed by atoms with Gasteiger partial charge in [0, 0.05) is 11.4 Å². The van der Waals surface area contributed by atoms with Crippen LogP contribution in [0.4, 0.5) is 11.4 Å². The molecule has 8 heteroatoms. The van der Waals surface area contributed by atoms with E-state index in [1.807, 2.05) is 75.4 Å². The van der Waals surface area contributed by atoms with Gasteiger partial charge in [0.05, 0.1) is 23.4 Å². The minimum absolute atomic E-state index is 0.0133. The Morgan fingerprint density at radius 3 is 2.30 bits per heavy atom. The van der Waals surface area contributed by atoms with E-state index >= 15 is 0 Å². The maximum atomic E-state index is 13.1. The van der Waals surface area contributed by atoms with Gasteiger partial charge < -0.3 is 20.7 Å². The van der Waals surface area contributed by atoms with Crippen LogP contribution in [0, 0.1) is 18.3 Å². The van der Waals surface area contributed by atoms with Gasteiger partial charge in [0.15, 0.2) is 0 Å². The van der Waals surface area contributed by atoms with Crippen LogP contribution in [0.1, 0.15) is 31.0 Å². The zero-order chi connectivity index (χ0) is 26.6. The normalized spacial score (nSPS) is 11.9. The zero-order valence-corrected chi connectivity index (χ0v) is 21.9. The van der Waals surface area contributed by atoms with Crippen molar-refractivity contribution in [3.63, 3.8) is 0 Å². The first kappa shape index (κ1) is 27.4. The largest absolute Gasteiger partial charge is 0.494 e. The van der Waals surface area contributed by atoms with Crippen molar-refractivity contribution in [2.24, 2.45) is 0 Å². The van der Waals surface area contributed by atoms with E-state index in [4.69, 9.17) is 4.74 Å². The van der Waals surface area contributed by atoms with E-state index in [0.29, 0.717) is 23.7 Å². The molecule has 3 N–H and O–H groups in total. The Bertz CT molecular complexity index is 1280. The van der Waals surface area contributed by atoms with Gasteiger partial charge in [-0.05, 0) is 62.2 Å². The summed E-state index contributed by atoms with van der Waals surface area (Å²) < 4.78 is 5.49. The number of benzene rings is 3. The van der Waals surface area contributed by atoms with Crippen LogP contribution >= 0.6 is 11.8 Å². The third-order valence-corrected chi connectivity index (χ3v) is 6.41. The Balaban J connectivity index is 1.81. The lowest BCUT2D eigenvalue weighted by atomic mass is 10.1. The number of para-hydroxylation sites is 1. The third-order valence-electron chi connectivity index (χ3n) is 5.41.